The van der Waals surface area contributed by atoms with Crippen LogP contribution in [0.2, 0.25) is 0 Å². The van der Waals surface area contributed by atoms with Crippen LogP contribution in [0, 0.1) is 0 Å². The molecule has 18 heavy (non-hydrogen) atoms. The molecule has 1 rings (SSSR count). The molecule has 2 N–H and O–H groups in total. The third kappa shape index (κ3) is 3.17. The van der Waals surface area contributed by atoms with Crippen molar-refractivity contribution in [3.63, 3.8) is 0 Å². The number of aromatic carboxylic acids is 1. The van der Waals surface area contributed by atoms with Crippen molar-refractivity contribution in [1.82, 2.24) is 9.71 Å². The Morgan fingerprint density at radius 2 is 2.11 bits per heavy atom. The maximum atomic E-state index is 12.1. The van der Waals surface area contributed by atoms with Gasteiger partial charge in [-0.3, -0.25) is 0 Å². The minimum absolute atomic E-state index is 0.0692. The molecule has 0 saturated heterocycles. The number of alkyl halides is 3. The SMILES string of the molecule is CC(NS(=O)(=O)C(F)(F)F)c1nc(C(=O)O)cs1. The number of rotatable bonds is 4. The maximum Gasteiger partial charge on any atom is 0.511 e. The van der Waals surface area contributed by atoms with Gasteiger partial charge in [-0.15, -0.1) is 11.3 Å². The summed E-state index contributed by atoms with van der Waals surface area (Å²) in [5.74, 6) is -1.34. The lowest BCUT2D eigenvalue weighted by atomic mass is 10.4. The number of nitrogens with one attached hydrogen (secondary N) is 1. The summed E-state index contributed by atoms with van der Waals surface area (Å²) in [7, 11) is -5.49. The molecule has 0 bridgehead atoms. The van der Waals surface area contributed by atoms with E-state index in [9.17, 15) is 26.4 Å². The number of carboxylic acids is 1. The monoisotopic (exact) mass is 304 g/mol. The Morgan fingerprint density at radius 1 is 1.56 bits per heavy atom. The summed E-state index contributed by atoms with van der Waals surface area (Å²) in [6, 6.07) is -1.27. The zero-order valence-corrected chi connectivity index (χ0v) is 10.4. The zero-order chi connectivity index (χ0) is 14.1. The first kappa shape index (κ1) is 14.9. The summed E-state index contributed by atoms with van der Waals surface area (Å²) in [6.07, 6.45) is 0. The highest BCUT2D eigenvalue weighted by atomic mass is 32.2. The van der Waals surface area contributed by atoms with Crippen molar-refractivity contribution in [2.45, 2.75) is 18.5 Å². The van der Waals surface area contributed by atoms with Crippen LogP contribution in [0.1, 0.15) is 28.5 Å². The van der Waals surface area contributed by atoms with E-state index in [1.54, 1.807) is 0 Å². The lowest BCUT2D eigenvalue weighted by Crippen LogP contribution is -2.37. The summed E-state index contributed by atoms with van der Waals surface area (Å²) in [4.78, 5) is 14.0. The predicted octanol–water partition coefficient (Wildman–Crippen LogP) is 1.34. The van der Waals surface area contributed by atoms with Crippen molar-refractivity contribution < 1.29 is 31.5 Å². The molecule has 1 aromatic rings. The first-order valence-corrected chi connectivity index (χ1v) is 6.68. The molecule has 0 aliphatic carbocycles. The largest absolute Gasteiger partial charge is 0.511 e. The lowest BCUT2D eigenvalue weighted by Gasteiger charge is -2.13. The Balaban J connectivity index is 2.89. The summed E-state index contributed by atoms with van der Waals surface area (Å²) in [6.45, 7) is 1.13. The highest BCUT2D eigenvalue weighted by molar-refractivity contribution is 7.90. The molecule has 1 atom stereocenters. The van der Waals surface area contributed by atoms with Gasteiger partial charge in [0.1, 0.15) is 5.01 Å². The Morgan fingerprint density at radius 3 is 2.50 bits per heavy atom. The number of hydrogen-bond donors (Lipinski definition) is 2. The number of aromatic nitrogens is 1. The van der Waals surface area contributed by atoms with E-state index in [1.807, 2.05) is 0 Å². The van der Waals surface area contributed by atoms with Crippen LogP contribution in [0.25, 0.3) is 0 Å². The van der Waals surface area contributed by atoms with E-state index >= 15 is 0 Å². The predicted molar refractivity (Wildman–Crippen MR) is 55.6 cm³/mol. The average Bonchev–Trinajstić information content (AvgIpc) is 2.63. The number of carboxylic acid groups (broad SMARTS) is 1. The fourth-order valence-electron chi connectivity index (χ4n) is 0.935. The van der Waals surface area contributed by atoms with E-state index in [4.69, 9.17) is 5.11 Å². The molecule has 102 valence electrons. The fourth-order valence-corrected chi connectivity index (χ4v) is 2.52. The molecule has 0 spiro atoms. The summed E-state index contributed by atoms with van der Waals surface area (Å²) in [5.41, 5.74) is -5.78. The summed E-state index contributed by atoms with van der Waals surface area (Å²) in [5, 5.41) is 9.61. The second-order valence-electron chi connectivity index (χ2n) is 3.16. The Bertz CT molecular complexity index is 551. The van der Waals surface area contributed by atoms with Gasteiger partial charge in [0.05, 0.1) is 6.04 Å². The molecule has 0 aliphatic heterocycles. The minimum Gasteiger partial charge on any atom is -0.476 e. The second-order valence-corrected chi connectivity index (χ2v) is 5.76. The minimum atomic E-state index is -5.49. The fraction of sp³-hybridized carbons (Fsp3) is 0.429. The van der Waals surface area contributed by atoms with E-state index in [2.05, 4.69) is 4.98 Å². The van der Waals surface area contributed by atoms with Gasteiger partial charge in [-0.2, -0.15) is 17.9 Å². The van der Waals surface area contributed by atoms with Crippen molar-refractivity contribution in [3.05, 3.63) is 16.1 Å². The molecule has 0 aromatic carbocycles. The molecule has 11 heteroatoms. The lowest BCUT2D eigenvalue weighted by molar-refractivity contribution is -0.0450. The van der Waals surface area contributed by atoms with Crippen molar-refractivity contribution >= 4 is 27.3 Å². The van der Waals surface area contributed by atoms with Crippen LogP contribution >= 0.6 is 11.3 Å². The van der Waals surface area contributed by atoms with Gasteiger partial charge in [-0.25, -0.2) is 18.2 Å². The van der Waals surface area contributed by atoms with Crippen molar-refractivity contribution in [2.24, 2.45) is 0 Å². The van der Waals surface area contributed by atoms with Gasteiger partial charge in [-0.1, -0.05) is 0 Å². The normalized spacial score (nSPS) is 14.4. The van der Waals surface area contributed by atoms with Gasteiger partial charge in [0.15, 0.2) is 5.69 Å². The number of nitrogens with zero attached hydrogens (tertiary/aromatic N) is 1. The Labute approximate surface area is 104 Å². The molecule has 0 aliphatic rings. The Hall–Kier alpha value is -1.20. The molecule has 0 radical (unpaired) electrons. The van der Waals surface area contributed by atoms with Gasteiger partial charge in [0.25, 0.3) is 0 Å². The maximum absolute atomic E-state index is 12.1. The quantitative estimate of drug-likeness (QED) is 0.875. The molecule has 0 fully saturated rings. The van der Waals surface area contributed by atoms with Gasteiger partial charge in [0.2, 0.25) is 0 Å². The van der Waals surface area contributed by atoms with Crippen LogP contribution in [0.4, 0.5) is 13.2 Å². The van der Waals surface area contributed by atoms with Crippen LogP contribution in [-0.2, 0) is 10.0 Å². The molecule has 1 heterocycles. The topological polar surface area (TPSA) is 96.4 Å². The smallest absolute Gasteiger partial charge is 0.476 e. The van der Waals surface area contributed by atoms with Crippen molar-refractivity contribution in [2.75, 3.05) is 0 Å². The molecule has 0 saturated carbocycles. The average molecular weight is 304 g/mol. The highest BCUT2D eigenvalue weighted by Crippen LogP contribution is 2.26. The molecule has 6 nitrogen and oxygen atoms in total. The second kappa shape index (κ2) is 4.82. The Kier molecular flexibility index (Phi) is 3.98. The van der Waals surface area contributed by atoms with E-state index < -0.39 is 27.5 Å². The highest BCUT2D eigenvalue weighted by Gasteiger charge is 2.46. The van der Waals surface area contributed by atoms with Crippen molar-refractivity contribution in [1.29, 1.82) is 0 Å². The molecular weight excluding hydrogens is 297 g/mol. The summed E-state index contributed by atoms with van der Waals surface area (Å²) >= 11 is 0.751. The van der Waals surface area contributed by atoms with E-state index in [0.29, 0.717) is 0 Å². The number of sulfonamides is 1. The van der Waals surface area contributed by atoms with Crippen LogP contribution in [0.3, 0.4) is 0 Å². The number of carbonyl (C=O) groups is 1. The van der Waals surface area contributed by atoms with Gasteiger partial charge >= 0.3 is 21.5 Å². The summed E-state index contributed by atoms with van der Waals surface area (Å²) < 4.78 is 59.2. The standard InChI is InChI=1S/C7H7F3N2O4S2/c1-3(12-18(15,16)7(8,9)10)5-11-4(2-17-5)6(13)14/h2-3,12H,1H3,(H,13,14). The first-order chi connectivity index (χ1) is 8.04. The molecule has 1 unspecified atom stereocenters. The third-order valence-electron chi connectivity index (χ3n) is 1.75. The van der Waals surface area contributed by atoms with E-state index in [1.165, 1.54) is 4.72 Å². The van der Waals surface area contributed by atoms with Gasteiger partial charge < -0.3 is 5.11 Å². The van der Waals surface area contributed by atoms with Gasteiger partial charge in [-0.05, 0) is 6.92 Å². The molecule has 1 aromatic heterocycles. The van der Waals surface area contributed by atoms with Crippen LogP contribution < -0.4 is 4.72 Å². The van der Waals surface area contributed by atoms with Crippen LogP contribution in [0.15, 0.2) is 5.38 Å². The molecular formula is C7H7F3N2O4S2. The third-order valence-corrected chi connectivity index (χ3v) is 4.05. The number of thiazole rings is 1. The van der Waals surface area contributed by atoms with E-state index in [-0.39, 0.29) is 10.7 Å². The van der Waals surface area contributed by atoms with Crippen LogP contribution in [-0.4, -0.2) is 30.0 Å². The molecule has 0 amide bonds. The van der Waals surface area contributed by atoms with Crippen molar-refractivity contribution in [3.8, 4) is 0 Å². The first-order valence-electron chi connectivity index (χ1n) is 4.32. The number of halogens is 3. The zero-order valence-electron chi connectivity index (χ0n) is 8.72. The van der Waals surface area contributed by atoms with Gasteiger partial charge in [0, 0.05) is 5.38 Å². The van der Waals surface area contributed by atoms with Crippen LogP contribution in [0.5, 0.6) is 0 Å². The van der Waals surface area contributed by atoms with E-state index in [0.717, 1.165) is 23.6 Å². The number of hydrogen-bond acceptors (Lipinski definition) is 5.